The lowest BCUT2D eigenvalue weighted by molar-refractivity contribution is -0.00909. The summed E-state index contributed by atoms with van der Waals surface area (Å²) in [4.78, 5) is 18.0. The van der Waals surface area contributed by atoms with Crippen molar-refractivity contribution in [3.05, 3.63) is 47.5 Å². The lowest BCUT2D eigenvalue weighted by Gasteiger charge is -2.40. The van der Waals surface area contributed by atoms with E-state index in [0.29, 0.717) is 13.2 Å². The van der Waals surface area contributed by atoms with E-state index >= 15 is 0 Å². The van der Waals surface area contributed by atoms with Crippen molar-refractivity contribution in [1.29, 1.82) is 0 Å². The van der Waals surface area contributed by atoms with Crippen molar-refractivity contribution in [1.82, 2.24) is 9.80 Å². The summed E-state index contributed by atoms with van der Waals surface area (Å²) in [6, 6.07) is 12.7. The van der Waals surface area contributed by atoms with Gasteiger partial charge in [0.15, 0.2) is 0 Å². The van der Waals surface area contributed by atoms with Crippen LogP contribution in [-0.2, 0) is 15.0 Å². The number of carbonyl (C=O) groups excluding carboxylic acids is 1. The highest BCUT2D eigenvalue weighted by atomic mass is 16.5. The molecule has 0 saturated carbocycles. The summed E-state index contributed by atoms with van der Waals surface area (Å²) in [7, 11) is 4.13. The minimum absolute atomic E-state index is 0.171. The fourth-order valence-electron chi connectivity index (χ4n) is 5.34. The first kappa shape index (κ1) is 24.2. The Bertz CT molecular complexity index is 928. The third-order valence-electron chi connectivity index (χ3n) is 7.20. The molecule has 0 spiro atoms. The summed E-state index contributed by atoms with van der Waals surface area (Å²) >= 11 is 0. The van der Waals surface area contributed by atoms with Crippen molar-refractivity contribution < 1.29 is 14.3 Å². The third kappa shape index (κ3) is 5.59. The smallest absolute Gasteiger partial charge is 0.255 e. The fourth-order valence-corrected chi connectivity index (χ4v) is 5.34. The van der Waals surface area contributed by atoms with Crippen LogP contribution in [0.1, 0.15) is 67.3 Å². The molecule has 180 valence electrons. The third-order valence-corrected chi connectivity index (χ3v) is 7.20. The molecule has 0 aromatic heterocycles. The highest BCUT2D eigenvalue weighted by Crippen LogP contribution is 2.45. The topological polar surface area (TPSA) is 42.0 Å². The van der Waals surface area contributed by atoms with Crippen LogP contribution in [-0.4, -0.2) is 69.3 Å². The van der Waals surface area contributed by atoms with Crippen LogP contribution < -0.4 is 0 Å². The number of fused-ring (bicyclic) bond motifs is 4. The number of benzene rings is 2. The number of carbonyl (C=O) groups is 1. The molecule has 2 aliphatic rings. The highest BCUT2D eigenvalue weighted by Gasteiger charge is 2.49. The Morgan fingerprint density at radius 2 is 1.73 bits per heavy atom. The molecule has 33 heavy (non-hydrogen) atoms. The summed E-state index contributed by atoms with van der Waals surface area (Å²) in [6.07, 6.45) is 8.86. The second-order valence-corrected chi connectivity index (χ2v) is 9.93. The molecule has 0 bridgehead atoms. The average molecular weight is 453 g/mol. The highest BCUT2D eigenvalue weighted by molar-refractivity contribution is 6.04. The predicted octanol–water partition coefficient (Wildman–Crippen LogP) is 5.22. The maximum absolute atomic E-state index is 13.7. The standard InChI is InChI=1S/C28H40N2O3/c1-29(2)16-19-32-18-11-14-28-22-33-17-10-6-4-3-5-9-15-30(28)27(31)25-20-23-12-7-8-13-24(23)21-26(25)28/h7-8,12-13,20-21H,3-6,9-11,14-19,22H2,1-2H3. The minimum Gasteiger partial charge on any atom is -0.380 e. The van der Waals surface area contributed by atoms with Gasteiger partial charge in [0.25, 0.3) is 5.91 Å². The first-order valence-corrected chi connectivity index (χ1v) is 12.8. The monoisotopic (exact) mass is 452 g/mol. The number of hydrogen-bond donors (Lipinski definition) is 0. The fraction of sp³-hybridized carbons (Fsp3) is 0.607. The second-order valence-electron chi connectivity index (χ2n) is 9.93. The van der Waals surface area contributed by atoms with Gasteiger partial charge in [0.1, 0.15) is 0 Å². The number of nitrogens with zero attached hydrogens (tertiary/aromatic N) is 2. The molecule has 1 atom stereocenters. The van der Waals surface area contributed by atoms with E-state index in [4.69, 9.17) is 9.47 Å². The Kier molecular flexibility index (Phi) is 8.39. The Labute approximate surface area is 199 Å². The van der Waals surface area contributed by atoms with E-state index in [0.717, 1.165) is 68.5 Å². The molecule has 0 N–H and O–H groups in total. The Balaban J connectivity index is 1.63. The molecular weight excluding hydrogens is 412 g/mol. The zero-order chi connectivity index (χ0) is 23.1. The quantitative estimate of drug-likeness (QED) is 0.540. The van der Waals surface area contributed by atoms with Crippen molar-refractivity contribution in [2.75, 3.05) is 53.6 Å². The zero-order valence-electron chi connectivity index (χ0n) is 20.5. The van der Waals surface area contributed by atoms with Crippen molar-refractivity contribution in [2.45, 2.75) is 56.9 Å². The normalized spacial score (nSPS) is 22.2. The molecule has 0 aliphatic carbocycles. The summed E-state index contributed by atoms with van der Waals surface area (Å²) < 4.78 is 12.2. The molecule has 5 heteroatoms. The molecular formula is C28H40N2O3. The van der Waals surface area contributed by atoms with Crippen LogP contribution in [0.2, 0.25) is 0 Å². The SMILES string of the molecule is CN(C)CCOCCCC12COCCCCCCCCN1C(=O)c1cc3ccccc3cc12. The lowest BCUT2D eigenvalue weighted by Crippen LogP contribution is -2.48. The van der Waals surface area contributed by atoms with Crippen molar-refractivity contribution >= 4 is 16.7 Å². The van der Waals surface area contributed by atoms with Crippen LogP contribution in [0.25, 0.3) is 10.8 Å². The summed E-state index contributed by atoms with van der Waals surface area (Å²) in [5.41, 5.74) is 1.61. The maximum Gasteiger partial charge on any atom is 0.255 e. The predicted molar refractivity (Wildman–Crippen MR) is 134 cm³/mol. The van der Waals surface area contributed by atoms with E-state index in [1.54, 1.807) is 0 Å². The number of ether oxygens (including phenoxy) is 2. The van der Waals surface area contributed by atoms with Gasteiger partial charge in [-0.15, -0.1) is 0 Å². The molecule has 0 radical (unpaired) electrons. The minimum atomic E-state index is -0.402. The van der Waals surface area contributed by atoms with Gasteiger partial charge in [-0.2, -0.15) is 0 Å². The van der Waals surface area contributed by atoms with Gasteiger partial charge in [-0.25, -0.2) is 0 Å². The van der Waals surface area contributed by atoms with Crippen LogP contribution >= 0.6 is 0 Å². The van der Waals surface area contributed by atoms with Crippen LogP contribution in [0.4, 0.5) is 0 Å². The van der Waals surface area contributed by atoms with E-state index < -0.39 is 5.54 Å². The maximum atomic E-state index is 13.7. The van der Waals surface area contributed by atoms with Crippen LogP contribution in [0.3, 0.4) is 0 Å². The molecule has 2 heterocycles. The summed E-state index contributed by atoms with van der Waals surface area (Å²) in [5.74, 6) is 0.171. The summed E-state index contributed by atoms with van der Waals surface area (Å²) in [6.45, 7) is 4.51. The molecule has 1 fully saturated rings. The lowest BCUT2D eigenvalue weighted by atomic mass is 9.84. The van der Waals surface area contributed by atoms with E-state index in [9.17, 15) is 4.79 Å². The van der Waals surface area contributed by atoms with Gasteiger partial charge in [-0.1, -0.05) is 49.9 Å². The number of rotatable bonds is 7. The van der Waals surface area contributed by atoms with Crippen molar-refractivity contribution in [3.8, 4) is 0 Å². The molecule has 1 unspecified atom stereocenters. The van der Waals surface area contributed by atoms with E-state index in [1.807, 2.05) is 6.07 Å². The van der Waals surface area contributed by atoms with Crippen LogP contribution in [0.5, 0.6) is 0 Å². The van der Waals surface area contributed by atoms with Gasteiger partial charge in [-0.05, 0) is 68.2 Å². The van der Waals surface area contributed by atoms with E-state index in [1.165, 1.54) is 31.1 Å². The molecule has 1 amide bonds. The number of hydrogen-bond acceptors (Lipinski definition) is 4. The van der Waals surface area contributed by atoms with E-state index in [2.05, 4.69) is 54.2 Å². The Morgan fingerprint density at radius 3 is 2.52 bits per heavy atom. The molecule has 2 aliphatic heterocycles. The van der Waals surface area contributed by atoms with Crippen molar-refractivity contribution in [3.63, 3.8) is 0 Å². The van der Waals surface area contributed by atoms with Gasteiger partial charge in [0, 0.05) is 31.9 Å². The van der Waals surface area contributed by atoms with Crippen molar-refractivity contribution in [2.24, 2.45) is 0 Å². The van der Waals surface area contributed by atoms with Gasteiger partial charge in [-0.3, -0.25) is 4.79 Å². The Hall–Kier alpha value is -1.95. The molecule has 2 aromatic carbocycles. The summed E-state index contributed by atoms with van der Waals surface area (Å²) in [5, 5.41) is 2.32. The molecule has 2 aromatic rings. The van der Waals surface area contributed by atoms with Crippen LogP contribution in [0.15, 0.2) is 36.4 Å². The molecule has 1 saturated heterocycles. The molecule has 4 rings (SSSR count). The van der Waals surface area contributed by atoms with Gasteiger partial charge >= 0.3 is 0 Å². The molecule has 5 nitrogen and oxygen atoms in total. The van der Waals surface area contributed by atoms with Gasteiger partial charge < -0.3 is 19.3 Å². The Morgan fingerprint density at radius 1 is 1.00 bits per heavy atom. The first-order chi connectivity index (χ1) is 16.1. The number of amides is 1. The van der Waals surface area contributed by atoms with Gasteiger partial charge in [0.05, 0.1) is 18.8 Å². The van der Waals surface area contributed by atoms with Crippen LogP contribution in [0, 0.1) is 0 Å². The number of likely N-dealkylation sites (N-methyl/N-ethyl adjacent to an activating group) is 1. The second kappa shape index (κ2) is 11.5. The van der Waals surface area contributed by atoms with E-state index in [-0.39, 0.29) is 5.91 Å². The average Bonchev–Trinajstić information content (AvgIpc) is 3.02. The first-order valence-electron chi connectivity index (χ1n) is 12.8. The largest absolute Gasteiger partial charge is 0.380 e. The zero-order valence-corrected chi connectivity index (χ0v) is 20.5. The van der Waals surface area contributed by atoms with Gasteiger partial charge in [0.2, 0.25) is 0 Å².